The number of hydrogen-bond donors (Lipinski definition) is 2. The first-order valence-electron chi connectivity index (χ1n) is 10.3. The van der Waals surface area contributed by atoms with E-state index in [1.54, 1.807) is 10.9 Å². The lowest BCUT2D eigenvalue weighted by molar-refractivity contribution is -0.137. The van der Waals surface area contributed by atoms with Gasteiger partial charge < -0.3 is 20.3 Å². The second-order valence-corrected chi connectivity index (χ2v) is 9.17. The summed E-state index contributed by atoms with van der Waals surface area (Å²) < 4.78 is 7.06. The Labute approximate surface area is 172 Å². The molecule has 1 aromatic heterocycles. The molecule has 0 atom stereocenters. The van der Waals surface area contributed by atoms with Crippen LogP contribution in [0.5, 0.6) is 0 Å². The van der Waals surface area contributed by atoms with Gasteiger partial charge in [0.25, 0.3) is 0 Å². The van der Waals surface area contributed by atoms with E-state index in [9.17, 15) is 9.59 Å². The molecule has 2 aliphatic rings. The number of alkyl carbamates (subject to hydrolysis) is 1. The zero-order valence-electron chi connectivity index (χ0n) is 18.0. The zero-order chi connectivity index (χ0) is 21.2. The Bertz CT molecular complexity index is 772. The molecular formula is C21H33N5O3. The average molecular weight is 404 g/mol. The first-order valence-corrected chi connectivity index (χ1v) is 10.3. The van der Waals surface area contributed by atoms with Crippen molar-refractivity contribution in [3.8, 4) is 0 Å². The third-order valence-corrected chi connectivity index (χ3v) is 5.49. The molecular weight excluding hydrogens is 370 g/mol. The second kappa shape index (κ2) is 8.47. The van der Waals surface area contributed by atoms with Gasteiger partial charge in [0.1, 0.15) is 11.4 Å². The van der Waals surface area contributed by atoms with Crippen LogP contribution < -0.4 is 10.6 Å². The molecule has 0 bridgehead atoms. The number of fused-ring (bicyclic) bond motifs is 1. The molecule has 0 spiro atoms. The quantitative estimate of drug-likeness (QED) is 0.810. The largest absolute Gasteiger partial charge is 0.444 e. The number of carbonyl (C=O) groups is 2. The van der Waals surface area contributed by atoms with E-state index < -0.39 is 5.60 Å². The van der Waals surface area contributed by atoms with Crippen LogP contribution in [-0.4, -0.2) is 45.4 Å². The van der Waals surface area contributed by atoms with Crippen molar-refractivity contribution in [1.29, 1.82) is 0 Å². The van der Waals surface area contributed by atoms with Crippen LogP contribution in [0.1, 0.15) is 52.0 Å². The fourth-order valence-corrected chi connectivity index (χ4v) is 4.03. The van der Waals surface area contributed by atoms with E-state index in [-0.39, 0.29) is 17.9 Å². The number of amides is 2. The Kier molecular flexibility index (Phi) is 6.19. The highest BCUT2D eigenvalue weighted by Crippen LogP contribution is 2.31. The maximum Gasteiger partial charge on any atom is 0.407 e. The van der Waals surface area contributed by atoms with Gasteiger partial charge in [-0.1, -0.05) is 6.58 Å². The first kappa shape index (κ1) is 21.2. The highest BCUT2D eigenvalue weighted by atomic mass is 16.6. The molecule has 0 aromatic carbocycles. The summed E-state index contributed by atoms with van der Waals surface area (Å²) in [5.74, 6) is 1.50. The van der Waals surface area contributed by atoms with Crippen molar-refractivity contribution < 1.29 is 14.3 Å². The van der Waals surface area contributed by atoms with Gasteiger partial charge in [0.2, 0.25) is 5.91 Å². The minimum Gasteiger partial charge on any atom is -0.444 e. The summed E-state index contributed by atoms with van der Waals surface area (Å²) in [6.07, 6.45) is 4.97. The van der Waals surface area contributed by atoms with Crippen LogP contribution in [0.25, 0.3) is 0 Å². The van der Waals surface area contributed by atoms with E-state index in [4.69, 9.17) is 4.74 Å². The van der Waals surface area contributed by atoms with Gasteiger partial charge in [-0.25, -0.2) is 4.79 Å². The number of ether oxygens (including phenoxy) is 1. The van der Waals surface area contributed by atoms with Crippen LogP contribution in [0.3, 0.4) is 0 Å². The van der Waals surface area contributed by atoms with Crippen molar-refractivity contribution in [3.05, 3.63) is 24.0 Å². The zero-order valence-corrected chi connectivity index (χ0v) is 18.0. The molecule has 2 heterocycles. The molecule has 160 valence electrons. The Morgan fingerprint density at radius 3 is 2.62 bits per heavy atom. The van der Waals surface area contributed by atoms with Gasteiger partial charge in [0, 0.05) is 30.8 Å². The molecule has 1 fully saturated rings. The monoisotopic (exact) mass is 403 g/mol. The van der Waals surface area contributed by atoms with E-state index in [0.29, 0.717) is 25.6 Å². The molecule has 29 heavy (non-hydrogen) atoms. The molecule has 1 aliphatic heterocycles. The number of hydrogen-bond acceptors (Lipinski definition) is 5. The second-order valence-electron chi connectivity index (χ2n) is 9.17. The molecule has 0 radical (unpaired) electrons. The number of aryl methyl sites for hydroxylation is 1. The van der Waals surface area contributed by atoms with Gasteiger partial charge in [-0.15, -0.1) is 0 Å². The highest BCUT2D eigenvalue weighted by Gasteiger charge is 2.32. The fraction of sp³-hybridized carbons (Fsp3) is 0.667. The number of nitrogens with zero attached hydrogens (tertiary/aromatic N) is 3. The maximum atomic E-state index is 13.1. The third-order valence-electron chi connectivity index (χ3n) is 5.49. The molecule has 2 N–H and O–H groups in total. The van der Waals surface area contributed by atoms with Crippen LogP contribution in [0.4, 0.5) is 10.6 Å². The molecule has 8 nitrogen and oxygen atoms in total. The molecule has 2 amide bonds. The summed E-state index contributed by atoms with van der Waals surface area (Å²) in [5, 5.41) is 10.4. The van der Waals surface area contributed by atoms with E-state index in [0.717, 1.165) is 42.8 Å². The summed E-state index contributed by atoms with van der Waals surface area (Å²) in [6, 6.07) is 0. The van der Waals surface area contributed by atoms with E-state index in [1.807, 2.05) is 32.7 Å². The minimum absolute atomic E-state index is 0.0267. The number of rotatable bonds is 3. The molecule has 1 saturated carbocycles. The van der Waals surface area contributed by atoms with Crippen LogP contribution in [-0.2, 0) is 23.1 Å². The van der Waals surface area contributed by atoms with Crippen molar-refractivity contribution in [2.24, 2.45) is 18.9 Å². The van der Waals surface area contributed by atoms with Crippen LogP contribution >= 0.6 is 0 Å². The predicted octanol–water partition coefficient (Wildman–Crippen LogP) is 3.02. The normalized spacial score (nSPS) is 22.3. The van der Waals surface area contributed by atoms with Gasteiger partial charge in [0.15, 0.2) is 0 Å². The summed E-state index contributed by atoms with van der Waals surface area (Å²) in [5.41, 5.74) is 1.32. The van der Waals surface area contributed by atoms with Crippen LogP contribution in [0.2, 0.25) is 0 Å². The summed E-state index contributed by atoms with van der Waals surface area (Å²) >= 11 is 0. The van der Waals surface area contributed by atoms with Crippen molar-refractivity contribution in [2.45, 2.75) is 58.6 Å². The summed E-state index contributed by atoms with van der Waals surface area (Å²) in [7, 11) is 1.88. The Balaban J connectivity index is 1.50. The van der Waals surface area contributed by atoms with Crippen molar-refractivity contribution in [3.63, 3.8) is 0 Å². The first-order chi connectivity index (χ1) is 13.6. The van der Waals surface area contributed by atoms with E-state index >= 15 is 0 Å². The number of nitrogens with one attached hydrogen (secondary N) is 2. The molecule has 3 rings (SSSR count). The third kappa shape index (κ3) is 5.52. The van der Waals surface area contributed by atoms with Gasteiger partial charge in [0.05, 0.1) is 19.3 Å². The number of aromatic nitrogens is 2. The fourth-order valence-electron chi connectivity index (χ4n) is 4.03. The smallest absolute Gasteiger partial charge is 0.407 e. The lowest BCUT2D eigenvalue weighted by Crippen LogP contribution is -2.40. The topological polar surface area (TPSA) is 88.5 Å². The molecule has 8 heteroatoms. The van der Waals surface area contributed by atoms with Gasteiger partial charge in [-0.2, -0.15) is 5.10 Å². The summed E-state index contributed by atoms with van der Waals surface area (Å²) in [6.45, 7) is 11.3. The van der Waals surface area contributed by atoms with E-state index in [2.05, 4.69) is 22.3 Å². The van der Waals surface area contributed by atoms with Crippen LogP contribution in [0.15, 0.2) is 18.5 Å². The Hall–Kier alpha value is -2.51. The van der Waals surface area contributed by atoms with Crippen molar-refractivity contribution in [1.82, 2.24) is 20.0 Å². The average Bonchev–Trinajstić information content (AvgIpc) is 2.87. The highest BCUT2D eigenvalue weighted by molar-refractivity contribution is 5.80. The molecule has 1 aromatic rings. The number of anilines is 1. The SMILES string of the molecule is C=C1CN(C(=O)C2CCC(CNC(=O)OC(C)(C)C)CC2)Cc2cnn(C)c2N1. The van der Waals surface area contributed by atoms with Gasteiger partial charge in [-0.3, -0.25) is 9.48 Å². The lowest BCUT2D eigenvalue weighted by Gasteiger charge is -2.32. The standard InChI is InChI=1S/C21H33N5O3/c1-14-12-26(13-17-11-23-25(5)18(17)24-14)19(27)16-8-6-15(7-9-16)10-22-20(28)29-21(2,3)4/h11,15-16,24H,1,6-10,12-13H2,2-5H3,(H,22,28). The molecule has 1 aliphatic carbocycles. The van der Waals surface area contributed by atoms with Crippen molar-refractivity contribution in [2.75, 3.05) is 18.4 Å². The van der Waals surface area contributed by atoms with Crippen LogP contribution in [0, 0.1) is 11.8 Å². The van der Waals surface area contributed by atoms with E-state index in [1.165, 1.54) is 0 Å². The predicted molar refractivity (Wildman–Crippen MR) is 111 cm³/mol. The summed E-state index contributed by atoms with van der Waals surface area (Å²) in [4.78, 5) is 26.9. The van der Waals surface area contributed by atoms with Gasteiger partial charge >= 0.3 is 6.09 Å². The Morgan fingerprint density at radius 2 is 1.97 bits per heavy atom. The molecule has 0 saturated heterocycles. The van der Waals surface area contributed by atoms with Gasteiger partial charge in [-0.05, 0) is 52.4 Å². The molecule has 0 unspecified atom stereocenters. The minimum atomic E-state index is -0.492. The van der Waals surface area contributed by atoms with Crippen molar-refractivity contribution >= 4 is 17.8 Å². The number of carbonyl (C=O) groups excluding carboxylic acids is 2. The maximum absolute atomic E-state index is 13.1. The lowest BCUT2D eigenvalue weighted by atomic mass is 9.81. The Morgan fingerprint density at radius 1 is 1.28 bits per heavy atom.